The molecule has 0 fully saturated rings. The van der Waals surface area contributed by atoms with Gasteiger partial charge in [-0.3, -0.25) is 0 Å². The molecule has 2 N–H and O–H groups in total. The lowest BCUT2D eigenvalue weighted by Crippen LogP contribution is -2.09. The first-order valence-electron chi connectivity index (χ1n) is 10.7. The highest BCUT2D eigenvalue weighted by Gasteiger charge is 2.14. The van der Waals surface area contributed by atoms with E-state index in [4.69, 9.17) is 38.6 Å². The number of ether oxygens (including phenoxy) is 6. The molecule has 0 atom stereocenters. The molecule has 2 rings (SSSR count). The van der Waals surface area contributed by atoms with Crippen LogP contribution in [0.2, 0.25) is 0 Å². The van der Waals surface area contributed by atoms with Gasteiger partial charge in [-0.15, -0.1) is 0 Å². The zero-order valence-corrected chi connectivity index (χ0v) is 19.3. The summed E-state index contributed by atoms with van der Waals surface area (Å²) in [4.78, 5) is 23.8. The molecule has 0 saturated heterocycles. The molecule has 0 aromatic heterocycles. The predicted octanol–water partition coefficient (Wildman–Crippen LogP) is 2.24. The van der Waals surface area contributed by atoms with Crippen LogP contribution in [0.3, 0.4) is 0 Å². The maximum absolute atomic E-state index is 11.9. The minimum Gasteiger partial charge on any atom is -0.493 e. The van der Waals surface area contributed by atoms with Crippen molar-refractivity contribution in [2.45, 2.75) is 12.8 Å². The first-order chi connectivity index (χ1) is 16.5. The number of unbranched alkanes of at least 4 members (excludes halogenated alkanes) is 1. The molecule has 34 heavy (non-hydrogen) atoms. The highest BCUT2D eigenvalue weighted by atomic mass is 16.5. The van der Waals surface area contributed by atoms with Crippen LogP contribution in [0.25, 0.3) is 0 Å². The van der Waals surface area contributed by atoms with Crippen LogP contribution in [0.4, 0.5) is 0 Å². The summed E-state index contributed by atoms with van der Waals surface area (Å²) in [6.07, 6.45) is 1.38. The van der Waals surface area contributed by atoms with Crippen LogP contribution in [-0.4, -0.2) is 76.0 Å². The van der Waals surface area contributed by atoms with Gasteiger partial charge in [-0.1, -0.05) is 0 Å². The molecule has 0 aliphatic rings. The van der Waals surface area contributed by atoms with E-state index in [2.05, 4.69) is 0 Å². The zero-order valence-electron chi connectivity index (χ0n) is 19.3. The second-order valence-corrected chi connectivity index (χ2v) is 6.85. The third-order valence-electron chi connectivity index (χ3n) is 4.50. The number of aliphatic hydroxyl groups is 2. The van der Waals surface area contributed by atoms with Gasteiger partial charge < -0.3 is 38.6 Å². The number of carbonyl (C=O) groups excluding carboxylic acids is 2. The summed E-state index contributed by atoms with van der Waals surface area (Å²) in [5.74, 6) is 0.678. The Morgan fingerprint density at radius 3 is 1.41 bits per heavy atom. The van der Waals surface area contributed by atoms with Gasteiger partial charge in [0.15, 0.2) is 23.0 Å². The molecule has 0 aliphatic heterocycles. The molecule has 0 amide bonds. The number of aliphatic hydroxyl groups excluding tert-OH is 2. The molecule has 10 heteroatoms. The average molecular weight is 478 g/mol. The molecule has 2 aromatic carbocycles. The molecule has 0 aliphatic carbocycles. The van der Waals surface area contributed by atoms with Crippen molar-refractivity contribution in [3.05, 3.63) is 47.5 Å². The summed E-state index contributed by atoms with van der Waals surface area (Å²) in [6.45, 7) is 0.169. The number of hydrogen-bond donors (Lipinski definition) is 2. The van der Waals surface area contributed by atoms with Gasteiger partial charge >= 0.3 is 11.9 Å². The van der Waals surface area contributed by atoms with Gasteiger partial charge in [-0.05, 0) is 49.2 Å². The second-order valence-electron chi connectivity index (χ2n) is 6.85. The van der Waals surface area contributed by atoms with E-state index in [0.29, 0.717) is 60.2 Å². The first-order valence-corrected chi connectivity index (χ1v) is 10.7. The molecule has 186 valence electrons. The SMILES string of the molecule is COc1cc(C(=O)OCCO)ccc1OCCCCOc1ccc(C(=O)OCCO)cc1OC. The normalized spacial score (nSPS) is 10.4. The Morgan fingerprint density at radius 1 is 0.647 bits per heavy atom. The van der Waals surface area contributed by atoms with Gasteiger partial charge in [0.1, 0.15) is 13.2 Å². The maximum atomic E-state index is 11.9. The van der Waals surface area contributed by atoms with Crippen molar-refractivity contribution in [3.63, 3.8) is 0 Å². The van der Waals surface area contributed by atoms with Gasteiger partial charge in [-0.25, -0.2) is 9.59 Å². The van der Waals surface area contributed by atoms with Gasteiger partial charge in [0.2, 0.25) is 0 Å². The smallest absolute Gasteiger partial charge is 0.338 e. The fourth-order valence-electron chi connectivity index (χ4n) is 2.84. The van der Waals surface area contributed by atoms with E-state index >= 15 is 0 Å². The van der Waals surface area contributed by atoms with Crippen LogP contribution >= 0.6 is 0 Å². The lowest BCUT2D eigenvalue weighted by Gasteiger charge is -2.13. The summed E-state index contributed by atoms with van der Waals surface area (Å²) >= 11 is 0. The summed E-state index contributed by atoms with van der Waals surface area (Å²) in [7, 11) is 2.95. The molecular weight excluding hydrogens is 448 g/mol. The number of carbonyl (C=O) groups is 2. The predicted molar refractivity (Wildman–Crippen MR) is 121 cm³/mol. The van der Waals surface area contributed by atoms with Crippen molar-refractivity contribution >= 4 is 11.9 Å². The fraction of sp³-hybridized carbons (Fsp3) is 0.417. The molecule has 2 aromatic rings. The Hall–Kier alpha value is -3.50. The van der Waals surface area contributed by atoms with E-state index in [9.17, 15) is 9.59 Å². The molecule has 0 spiro atoms. The van der Waals surface area contributed by atoms with E-state index in [1.54, 1.807) is 24.3 Å². The molecule has 10 nitrogen and oxygen atoms in total. The minimum atomic E-state index is -0.554. The molecule has 0 radical (unpaired) electrons. The largest absolute Gasteiger partial charge is 0.493 e. The Morgan fingerprint density at radius 2 is 1.06 bits per heavy atom. The van der Waals surface area contributed by atoms with E-state index in [1.807, 2.05) is 0 Å². The fourth-order valence-corrected chi connectivity index (χ4v) is 2.84. The van der Waals surface area contributed by atoms with Crippen molar-refractivity contribution in [1.82, 2.24) is 0 Å². The summed E-state index contributed by atoms with van der Waals surface area (Å²) in [6, 6.07) is 9.43. The third-order valence-corrected chi connectivity index (χ3v) is 4.50. The van der Waals surface area contributed by atoms with Crippen LogP contribution in [0.15, 0.2) is 36.4 Å². The molecule has 0 bridgehead atoms. The van der Waals surface area contributed by atoms with Gasteiger partial charge in [0.25, 0.3) is 0 Å². The number of methoxy groups -OCH3 is 2. The highest BCUT2D eigenvalue weighted by molar-refractivity contribution is 5.90. The van der Waals surface area contributed by atoms with Gasteiger partial charge in [0, 0.05) is 0 Å². The maximum Gasteiger partial charge on any atom is 0.338 e. The molecule has 0 heterocycles. The Bertz CT molecular complexity index is 852. The van der Waals surface area contributed by atoms with E-state index in [-0.39, 0.29) is 26.4 Å². The van der Waals surface area contributed by atoms with Crippen molar-refractivity contribution in [1.29, 1.82) is 0 Å². The monoisotopic (exact) mass is 478 g/mol. The van der Waals surface area contributed by atoms with Crippen LogP contribution in [-0.2, 0) is 9.47 Å². The first kappa shape index (κ1) is 26.7. The van der Waals surface area contributed by atoms with Crippen molar-refractivity contribution in [2.75, 3.05) is 53.9 Å². The summed E-state index contributed by atoms with van der Waals surface area (Å²) in [5.41, 5.74) is 0.598. The number of benzene rings is 2. The third kappa shape index (κ3) is 8.13. The standard InChI is InChI=1S/C24H30O10/c1-29-21-15-17(23(27)33-13-9-25)5-7-19(21)31-11-3-4-12-32-20-8-6-18(16-22(20)30-2)24(28)34-14-10-26/h5-8,15-16,25-26H,3-4,9-14H2,1-2H3. The number of hydrogen-bond acceptors (Lipinski definition) is 10. The molecular formula is C24H30O10. The minimum absolute atomic E-state index is 0.0747. The average Bonchev–Trinajstić information content (AvgIpc) is 2.87. The summed E-state index contributed by atoms with van der Waals surface area (Å²) in [5, 5.41) is 17.5. The van der Waals surface area contributed by atoms with Crippen molar-refractivity contribution in [3.8, 4) is 23.0 Å². The highest BCUT2D eigenvalue weighted by Crippen LogP contribution is 2.30. The Balaban J connectivity index is 1.80. The van der Waals surface area contributed by atoms with Crippen molar-refractivity contribution < 1.29 is 48.2 Å². The van der Waals surface area contributed by atoms with Crippen LogP contribution in [0.5, 0.6) is 23.0 Å². The topological polar surface area (TPSA) is 130 Å². The zero-order chi connectivity index (χ0) is 24.8. The lowest BCUT2D eigenvalue weighted by atomic mass is 10.2. The van der Waals surface area contributed by atoms with Crippen LogP contribution in [0.1, 0.15) is 33.6 Å². The summed E-state index contributed by atoms with van der Waals surface area (Å²) < 4.78 is 31.8. The quantitative estimate of drug-likeness (QED) is 0.290. The van der Waals surface area contributed by atoms with E-state index in [0.717, 1.165) is 0 Å². The molecule has 0 saturated carbocycles. The Labute approximate surface area is 197 Å². The number of rotatable bonds is 15. The van der Waals surface area contributed by atoms with Gasteiger partial charge in [-0.2, -0.15) is 0 Å². The van der Waals surface area contributed by atoms with Gasteiger partial charge in [0.05, 0.1) is 51.8 Å². The Kier molecular flexibility index (Phi) is 11.5. The van der Waals surface area contributed by atoms with E-state index in [1.165, 1.54) is 26.4 Å². The number of esters is 2. The van der Waals surface area contributed by atoms with Crippen LogP contribution in [0, 0.1) is 0 Å². The van der Waals surface area contributed by atoms with E-state index < -0.39 is 11.9 Å². The van der Waals surface area contributed by atoms with Crippen LogP contribution < -0.4 is 18.9 Å². The molecule has 0 unspecified atom stereocenters. The second kappa shape index (κ2) is 14.6. The lowest BCUT2D eigenvalue weighted by molar-refractivity contribution is 0.0426. The van der Waals surface area contributed by atoms with Crippen molar-refractivity contribution in [2.24, 2.45) is 0 Å².